The lowest BCUT2D eigenvalue weighted by molar-refractivity contribution is -0.149. The second-order valence-electron chi connectivity index (χ2n) is 6.43. The summed E-state index contributed by atoms with van der Waals surface area (Å²) in [6.45, 7) is 4.69. The summed E-state index contributed by atoms with van der Waals surface area (Å²) in [6, 6.07) is -0.345. The van der Waals surface area contributed by atoms with Crippen molar-refractivity contribution in [3.63, 3.8) is 0 Å². The quantitative estimate of drug-likeness (QED) is 0.895. The monoisotopic (exact) mass is 323 g/mol. The number of aliphatic carboxylic acids is 1. The molecule has 0 radical (unpaired) electrons. The third-order valence-corrected chi connectivity index (χ3v) is 6.08. The largest absolute Gasteiger partial charge is 0.481 e. The van der Waals surface area contributed by atoms with E-state index in [-0.39, 0.29) is 18.0 Å². The number of fused-ring (bicyclic) bond motifs is 1. The molecule has 6 nitrogen and oxygen atoms in total. The van der Waals surface area contributed by atoms with Crippen LogP contribution in [0.4, 0.5) is 4.79 Å². The highest BCUT2D eigenvalue weighted by Crippen LogP contribution is 2.48. The number of amides is 2. The van der Waals surface area contributed by atoms with Gasteiger partial charge in [-0.2, -0.15) is 0 Å². The maximum absolute atomic E-state index is 12.4. The Bertz CT molecular complexity index is 603. The van der Waals surface area contributed by atoms with Crippen LogP contribution in [0.1, 0.15) is 42.9 Å². The van der Waals surface area contributed by atoms with Gasteiger partial charge in [-0.25, -0.2) is 9.78 Å². The van der Waals surface area contributed by atoms with Crippen molar-refractivity contribution < 1.29 is 14.7 Å². The lowest BCUT2D eigenvalue weighted by Gasteiger charge is -2.24. The number of urea groups is 1. The summed E-state index contributed by atoms with van der Waals surface area (Å²) in [7, 11) is 0. The molecule has 0 aromatic carbocycles. The number of likely N-dealkylation sites (tertiary alicyclic amines) is 1. The number of carbonyl (C=O) groups is 2. The smallest absolute Gasteiger partial charge is 0.317 e. The highest BCUT2D eigenvalue weighted by Gasteiger charge is 2.55. The summed E-state index contributed by atoms with van der Waals surface area (Å²) in [5.74, 6) is -0.665. The predicted molar refractivity (Wildman–Crippen MR) is 82.8 cm³/mol. The van der Waals surface area contributed by atoms with E-state index in [0.717, 1.165) is 23.5 Å². The van der Waals surface area contributed by atoms with Crippen LogP contribution < -0.4 is 5.32 Å². The number of nitrogens with zero attached hydrogens (tertiary/aromatic N) is 2. The molecule has 1 unspecified atom stereocenters. The fourth-order valence-corrected chi connectivity index (χ4v) is 4.51. The summed E-state index contributed by atoms with van der Waals surface area (Å²) >= 11 is 1.52. The number of aromatic nitrogens is 1. The molecule has 7 heteroatoms. The summed E-state index contributed by atoms with van der Waals surface area (Å²) in [4.78, 5) is 30.1. The first kappa shape index (κ1) is 15.3. The molecule has 1 aliphatic carbocycles. The Morgan fingerprint density at radius 1 is 1.59 bits per heavy atom. The van der Waals surface area contributed by atoms with E-state index in [1.165, 1.54) is 11.3 Å². The summed E-state index contributed by atoms with van der Waals surface area (Å²) in [5.41, 5.74) is 0.222. The van der Waals surface area contributed by atoms with Crippen LogP contribution in [-0.4, -0.2) is 40.1 Å². The Labute approximate surface area is 133 Å². The first-order valence-electron chi connectivity index (χ1n) is 7.63. The SMILES string of the molecule is Cc1csc(C(C)NC(=O)N2C[C@@H]3CCC[C@@]3(C(=O)O)C2)n1. The van der Waals surface area contributed by atoms with Gasteiger partial charge < -0.3 is 15.3 Å². The molecule has 1 aromatic rings. The molecule has 0 spiro atoms. The highest BCUT2D eigenvalue weighted by atomic mass is 32.1. The van der Waals surface area contributed by atoms with Crippen molar-refractivity contribution >= 4 is 23.3 Å². The number of carbonyl (C=O) groups excluding carboxylic acids is 1. The number of thiazole rings is 1. The molecule has 120 valence electrons. The zero-order chi connectivity index (χ0) is 15.9. The van der Waals surface area contributed by atoms with Gasteiger partial charge in [0.25, 0.3) is 0 Å². The molecule has 2 fully saturated rings. The first-order valence-corrected chi connectivity index (χ1v) is 8.51. The number of aryl methyl sites for hydroxylation is 1. The molecule has 1 saturated carbocycles. The molecule has 2 aliphatic rings. The second-order valence-corrected chi connectivity index (χ2v) is 7.32. The van der Waals surface area contributed by atoms with Crippen LogP contribution in [-0.2, 0) is 4.79 Å². The van der Waals surface area contributed by atoms with Crippen LogP contribution in [0.2, 0.25) is 0 Å². The van der Waals surface area contributed by atoms with E-state index in [9.17, 15) is 14.7 Å². The Balaban J connectivity index is 1.66. The van der Waals surface area contributed by atoms with Crippen molar-refractivity contribution in [2.24, 2.45) is 11.3 Å². The third kappa shape index (κ3) is 2.47. The van der Waals surface area contributed by atoms with Gasteiger partial charge in [-0.3, -0.25) is 4.79 Å². The Hall–Kier alpha value is -1.63. The zero-order valence-electron chi connectivity index (χ0n) is 12.8. The summed E-state index contributed by atoms with van der Waals surface area (Å²) in [6.07, 6.45) is 2.52. The second kappa shape index (κ2) is 5.53. The molecule has 2 heterocycles. The van der Waals surface area contributed by atoms with E-state index in [1.54, 1.807) is 4.90 Å². The van der Waals surface area contributed by atoms with Gasteiger partial charge in [0.2, 0.25) is 0 Å². The van der Waals surface area contributed by atoms with Crippen LogP contribution in [0.25, 0.3) is 0 Å². The van der Waals surface area contributed by atoms with Crippen LogP contribution in [0.15, 0.2) is 5.38 Å². The fraction of sp³-hybridized carbons (Fsp3) is 0.667. The van der Waals surface area contributed by atoms with Crippen LogP contribution in [0.3, 0.4) is 0 Å². The minimum Gasteiger partial charge on any atom is -0.481 e. The maximum atomic E-state index is 12.4. The maximum Gasteiger partial charge on any atom is 0.317 e. The first-order chi connectivity index (χ1) is 10.4. The topological polar surface area (TPSA) is 82.5 Å². The van der Waals surface area contributed by atoms with Gasteiger partial charge in [-0.15, -0.1) is 11.3 Å². The minimum absolute atomic E-state index is 0.0909. The summed E-state index contributed by atoms with van der Waals surface area (Å²) in [5, 5.41) is 15.3. The van der Waals surface area contributed by atoms with E-state index in [4.69, 9.17) is 0 Å². The number of hydrogen-bond acceptors (Lipinski definition) is 4. The lowest BCUT2D eigenvalue weighted by Crippen LogP contribution is -2.42. The molecular formula is C15H21N3O3S. The lowest BCUT2D eigenvalue weighted by atomic mass is 9.81. The molecule has 3 atom stereocenters. The molecule has 2 amide bonds. The molecule has 1 aliphatic heterocycles. The highest BCUT2D eigenvalue weighted by molar-refractivity contribution is 7.09. The number of hydrogen-bond donors (Lipinski definition) is 2. The van der Waals surface area contributed by atoms with Gasteiger partial charge in [0.1, 0.15) is 5.01 Å². The predicted octanol–water partition coefficient (Wildman–Crippen LogP) is 2.41. The molecular weight excluding hydrogens is 302 g/mol. The van der Waals surface area contributed by atoms with E-state index < -0.39 is 11.4 Å². The van der Waals surface area contributed by atoms with Gasteiger partial charge in [0.05, 0.1) is 11.5 Å². The van der Waals surface area contributed by atoms with Crippen molar-refractivity contribution in [1.29, 1.82) is 0 Å². The standard InChI is InChI=1S/C15H21N3O3S/c1-9-7-22-12(16-9)10(2)17-14(21)18-6-11-4-3-5-15(11,8-18)13(19)20/h7,10-11H,3-6,8H2,1-2H3,(H,17,21)(H,19,20)/t10?,11-,15+/m0/s1. The van der Waals surface area contributed by atoms with Crippen molar-refractivity contribution in [1.82, 2.24) is 15.2 Å². The van der Waals surface area contributed by atoms with Crippen molar-refractivity contribution in [3.8, 4) is 0 Å². The molecule has 0 bridgehead atoms. The normalized spacial score (nSPS) is 28.5. The number of carboxylic acids is 1. The van der Waals surface area contributed by atoms with Gasteiger partial charge in [0, 0.05) is 24.2 Å². The van der Waals surface area contributed by atoms with Crippen LogP contribution in [0.5, 0.6) is 0 Å². The third-order valence-electron chi connectivity index (χ3n) is 4.93. The molecule has 3 rings (SSSR count). The van der Waals surface area contributed by atoms with Gasteiger partial charge in [-0.05, 0) is 32.6 Å². The molecule has 2 N–H and O–H groups in total. The van der Waals surface area contributed by atoms with E-state index >= 15 is 0 Å². The van der Waals surface area contributed by atoms with Gasteiger partial charge >= 0.3 is 12.0 Å². The average molecular weight is 323 g/mol. The van der Waals surface area contributed by atoms with E-state index in [0.29, 0.717) is 19.5 Å². The average Bonchev–Trinajstić information content (AvgIpc) is 3.10. The number of nitrogens with one attached hydrogen (secondary N) is 1. The summed E-state index contributed by atoms with van der Waals surface area (Å²) < 4.78 is 0. The Kier molecular flexibility index (Phi) is 3.84. The zero-order valence-corrected chi connectivity index (χ0v) is 13.7. The van der Waals surface area contributed by atoms with E-state index in [2.05, 4.69) is 10.3 Å². The number of rotatable bonds is 3. The van der Waals surface area contributed by atoms with Crippen molar-refractivity contribution in [2.75, 3.05) is 13.1 Å². The van der Waals surface area contributed by atoms with Crippen LogP contribution in [0, 0.1) is 18.3 Å². The Morgan fingerprint density at radius 2 is 2.36 bits per heavy atom. The molecule has 1 saturated heterocycles. The number of carboxylic acid groups (broad SMARTS) is 1. The molecule has 1 aromatic heterocycles. The van der Waals surface area contributed by atoms with Gasteiger partial charge in [-0.1, -0.05) is 6.42 Å². The van der Waals surface area contributed by atoms with Crippen molar-refractivity contribution in [2.45, 2.75) is 39.2 Å². The van der Waals surface area contributed by atoms with Crippen molar-refractivity contribution in [3.05, 3.63) is 16.1 Å². The van der Waals surface area contributed by atoms with Crippen LogP contribution >= 0.6 is 11.3 Å². The van der Waals surface area contributed by atoms with Gasteiger partial charge in [0.15, 0.2) is 0 Å². The Morgan fingerprint density at radius 3 is 2.95 bits per heavy atom. The minimum atomic E-state index is -0.756. The van der Waals surface area contributed by atoms with E-state index in [1.807, 2.05) is 19.2 Å². The molecule has 22 heavy (non-hydrogen) atoms. The fourth-order valence-electron chi connectivity index (χ4n) is 3.70.